The molecular weight excluding hydrogens is 1040 g/mol. The highest BCUT2D eigenvalue weighted by atomic mass is 79.9. The number of nitrogens with one attached hydrogen (secondary N) is 6. The van der Waals surface area contributed by atoms with Crippen molar-refractivity contribution >= 4 is 108 Å². The second-order valence-corrected chi connectivity index (χ2v) is 13.5. The molecular formula is C49H80BrN15O10. The molecule has 0 saturated heterocycles. The summed E-state index contributed by atoms with van der Waals surface area (Å²) in [4.78, 5) is 83.8. The van der Waals surface area contributed by atoms with Gasteiger partial charge in [0.05, 0.1) is 38.4 Å². The number of imidazole rings is 2. The van der Waals surface area contributed by atoms with Crippen molar-refractivity contribution in [2.75, 3.05) is 54.4 Å². The lowest BCUT2D eigenvalue weighted by Crippen LogP contribution is -2.18. The third kappa shape index (κ3) is 56.0. The Hall–Kier alpha value is -8.83. The zero-order chi connectivity index (χ0) is 57.3. The number of carboxylic acids is 2. The molecule has 0 fully saturated rings. The average molecular weight is 1120 g/mol. The number of rotatable bonds is 5. The topological polar surface area (TPSA) is 445 Å². The van der Waals surface area contributed by atoms with Gasteiger partial charge in [0.25, 0.3) is 17.6 Å². The van der Waals surface area contributed by atoms with Crippen LogP contribution in [0.1, 0.15) is 84.1 Å². The fourth-order valence-corrected chi connectivity index (χ4v) is 4.06. The van der Waals surface area contributed by atoms with Gasteiger partial charge in [0.2, 0.25) is 29.6 Å². The third-order valence-corrected chi connectivity index (χ3v) is 6.50. The van der Waals surface area contributed by atoms with E-state index in [1.165, 1.54) is 39.8 Å². The summed E-state index contributed by atoms with van der Waals surface area (Å²) < 4.78 is 0. The molecule has 26 heteroatoms. The van der Waals surface area contributed by atoms with E-state index in [0.29, 0.717) is 23.3 Å². The van der Waals surface area contributed by atoms with Crippen molar-refractivity contribution in [1.82, 2.24) is 35.9 Å². The quantitative estimate of drug-likeness (QED) is 0.0454. The smallest absolute Gasteiger partial charge is 0.300 e. The molecule has 0 aliphatic heterocycles. The second kappa shape index (κ2) is 53.0. The van der Waals surface area contributed by atoms with E-state index in [4.69, 9.17) is 53.7 Å². The number of nitrogens with two attached hydrogens (primary N) is 5. The fraction of sp³-hybridized carbons (Fsp3) is 0.327. The predicted molar refractivity (Wildman–Crippen MR) is 306 cm³/mol. The number of nitro benzene ring substituents is 1. The molecule has 0 spiro atoms. The number of benzene rings is 4. The summed E-state index contributed by atoms with van der Waals surface area (Å²) in [5.41, 5.74) is 31.5. The van der Waals surface area contributed by atoms with Crippen LogP contribution in [0.3, 0.4) is 0 Å². The van der Waals surface area contributed by atoms with E-state index in [0.717, 1.165) is 62.1 Å². The van der Waals surface area contributed by atoms with Crippen molar-refractivity contribution in [3.8, 4) is 4.98 Å². The Kier molecular flexibility index (Phi) is 56.7. The summed E-state index contributed by atoms with van der Waals surface area (Å²) in [6.07, 6.45) is 0. The monoisotopic (exact) mass is 1120 g/mol. The van der Waals surface area contributed by atoms with Gasteiger partial charge in [0.15, 0.2) is 5.95 Å². The second-order valence-electron chi connectivity index (χ2n) is 13.2. The predicted octanol–water partition coefficient (Wildman–Crippen LogP) is 7.40. The Balaban J connectivity index is -0.000000140. The van der Waals surface area contributed by atoms with Gasteiger partial charge in [-0.15, -0.1) is 0 Å². The number of nitro groups is 1. The largest absolute Gasteiger partial charge is 0.481 e. The number of amides is 4. The van der Waals surface area contributed by atoms with Gasteiger partial charge in [-0.05, 0) is 69.8 Å². The van der Waals surface area contributed by atoms with E-state index in [1.807, 2.05) is 88.4 Å². The molecule has 0 atom stereocenters. The number of para-hydroxylation sites is 8. The fourth-order valence-electron chi connectivity index (χ4n) is 4.06. The lowest BCUT2D eigenvalue weighted by Gasteiger charge is -1.94. The normalized spacial score (nSPS) is 8.20. The van der Waals surface area contributed by atoms with E-state index in [1.54, 1.807) is 29.2 Å². The average Bonchev–Trinajstić information content (AvgIpc) is 3.88. The molecule has 0 radical (unpaired) electrons. The minimum atomic E-state index is -0.833. The number of aliphatic carboxylic acids is 2. The van der Waals surface area contributed by atoms with Crippen LogP contribution in [0.15, 0.2) is 97.1 Å². The first kappa shape index (κ1) is 80.3. The summed E-state index contributed by atoms with van der Waals surface area (Å²) in [6, 6.07) is 28.7. The SMILES string of the molecule is C.C.CC(=O)Nc1nc2ccccc2[nH]1.CC(=O)O.CC(=O)O.CCN.CCNC(C)=O.CCNC(C)=O.CCNC(C)=O.N#CBr.Nc1ccccc1N.Nc1ccccc1[N+](=O)[O-].Nc1nc2ccccc2[nH]1. The molecule has 4 aromatic carbocycles. The number of H-pyrrole nitrogens is 2. The minimum Gasteiger partial charge on any atom is -0.481 e. The number of nitrogen functional groups attached to an aromatic ring is 4. The number of carbonyl (C=O) groups is 6. The number of aromatic amines is 2. The number of halogens is 1. The highest BCUT2D eigenvalue weighted by Crippen LogP contribution is 2.18. The first-order chi connectivity index (χ1) is 34.2. The van der Waals surface area contributed by atoms with Gasteiger partial charge < -0.3 is 64.8 Å². The number of hydrogen-bond donors (Lipinski definition) is 13. The summed E-state index contributed by atoms with van der Waals surface area (Å²) in [5.74, 6) is -0.707. The lowest BCUT2D eigenvalue weighted by atomic mass is 10.3. The number of nitrogens with zero attached hydrogens (tertiary/aromatic N) is 4. The molecule has 18 N–H and O–H groups in total. The standard InChI is InChI=1S/C9H9N3O.C7H7N3.C6H6N2O2.C6H8N2.3C4H9NO.C2H7N.2C2H4O2.CBrN.2CH4/c1-6(13)10-9-11-7-4-2-3-5-8(7)12-9;8-7-9-5-3-1-2-4-6(5)10-7;7-5-3-1-2-4-6(5)8(9)10;7-5-3-1-2-4-6(5)8;3*1-3-5-4(2)6;1-2-3;2*1-2(3)4;2-1-3;;/h2-5H,1H3,(H2,10,11,12,13);1-4H,(H3,8,9,10);1-4H,7H2;1-4H,7-8H2;3*3H2,1-2H3,(H,5,6);2-3H2,1H3;2*1H3,(H,3,4);;2*1H4. The number of anilines is 5. The summed E-state index contributed by atoms with van der Waals surface area (Å²) in [7, 11) is 0. The van der Waals surface area contributed by atoms with E-state index in [-0.39, 0.29) is 49.9 Å². The van der Waals surface area contributed by atoms with Gasteiger partial charge in [0, 0.05) is 83.2 Å². The number of aromatic nitrogens is 4. The van der Waals surface area contributed by atoms with Crippen molar-refractivity contribution in [2.24, 2.45) is 5.73 Å². The van der Waals surface area contributed by atoms with Gasteiger partial charge >= 0.3 is 0 Å². The van der Waals surface area contributed by atoms with Crippen LogP contribution < -0.4 is 49.9 Å². The molecule has 6 aromatic rings. The molecule has 0 unspecified atom stereocenters. The lowest BCUT2D eigenvalue weighted by molar-refractivity contribution is -0.383. The van der Waals surface area contributed by atoms with Crippen LogP contribution in [0.25, 0.3) is 22.1 Å². The molecule has 75 heavy (non-hydrogen) atoms. The molecule has 0 aliphatic rings. The Morgan fingerprint density at radius 2 is 0.893 bits per heavy atom. The van der Waals surface area contributed by atoms with Crippen LogP contribution in [0, 0.1) is 20.4 Å². The highest BCUT2D eigenvalue weighted by Gasteiger charge is 2.07. The van der Waals surface area contributed by atoms with Crippen molar-refractivity contribution in [3.63, 3.8) is 0 Å². The first-order valence-corrected chi connectivity index (χ1v) is 22.4. The third-order valence-electron chi connectivity index (χ3n) is 6.50. The number of hydrogen-bond acceptors (Lipinski definition) is 16. The summed E-state index contributed by atoms with van der Waals surface area (Å²) >= 11 is 2.45. The Labute approximate surface area is 448 Å². The van der Waals surface area contributed by atoms with Gasteiger partial charge in [-0.3, -0.25) is 44.2 Å². The van der Waals surface area contributed by atoms with Crippen LogP contribution in [0.4, 0.5) is 34.6 Å². The van der Waals surface area contributed by atoms with E-state index in [9.17, 15) is 29.3 Å². The van der Waals surface area contributed by atoms with Crippen molar-refractivity contribution < 1.29 is 43.9 Å². The molecule has 0 bridgehead atoms. The van der Waals surface area contributed by atoms with Crippen LogP contribution in [-0.4, -0.2) is 96.8 Å². The molecule has 2 aromatic heterocycles. The van der Waals surface area contributed by atoms with Gasteiger partial charge in [0.1, 0.15) is 10.7 Å². The summed E-state index contributed by atoms with van der Waals surface area (Å²) in [5, 5.41) is 42.5. The van der Waals surface area contributed by atoms with Gasteiger partial charge in [-0.2, -0.15) is 5.26 Å². The molecule has 6 rings (SSSR count). The van der Waals surface area contributed by atoms with Gasteiger partial charge in [-0.1, -0.05) is 70.3 Å². The van der Waals surface area contributed by atoms with E-state index < -0.39 is 16.9 Å². The maximum absolute atomic E-state index is 10.7. The number of carboxylic acid groups (broad SMARTS) is 2. The molecule has 0 aliphatic carbocycles. The molecule has 25 nitrogen and oxygen atoms in total. The van der Waals surface area contributed by atoms with Gasteiger partial charge in [-0.25, -0.2) is 9.97 Å². The zero-order valence-corrected chi connectivity index (χ0v) is 44.4. The number of fused-ring (bicyclic) bond motifs is 2. The van der Waals surface area contributed by atoms with Crippen LogP contribution in [0.5, 0.6) is 0 Å². The minimum absolute atomic E-state index is 0. The molecule has 0 saturated carbocycles. The Bertz CT molecular complexity index is 2370. The van der Waals surface area contributed by atoms with E-state index in [2.05, 4.69) is 57.1 Å². The molecule has 418 valence electrons. The van der Waals surface area contributed by atoms with Crippen LogP contribution in [0.2, 0.25) is 0 Å². The van der Waals surface area contributed by atoms with Crippen LogP contribution >= 0.6 is 15.9 Å². The first-order valence-electron chi connectivity index (χ1n) is 21.6. The summed E-state index contributed by atoms with van der Waals surface area (Å²) in [6.45, 7) is 18.6. The number of nitriles is 1. The van der Waals surface area contributed by atoms with Crippen molar-refractivity contribution in [3.05, 3.63) is 107 Å². The Morgan fingerprint density at radius 1 is 0.600 bits per heavy atom. The maximum Gasteiger partial charge on any atom is 0.300 e. The molecule has 2 heterocycles. The number of carbonyl (C=O) groups excluding carboxylic acids is 4. The van der Waals surface area contributed by atoms with Crippen LogP contribution in [-0.2, 0) is 28.8 Å². The van der Waals surface area contributed by atoms with Crippen molar-refractivity contribution in [1.29, 1.82) is 5.26 Å². The highest BCUT2D eigenvalue weighted by molar-refractivity contribution is 9.12. The molecule has 4 amide bonds. The van der Waals surface area contributed by atoms with E-state index >= 15 is 0 Å². The Morgan fingerprint density at radius 3 is 1.13 bits per heavy atom. The van der Waals surface area contributed by atoms with Crippen molar-refractivity contribution in [2.45, 2.75) is 84.1 Å². The maximum atomic E-state index is 10.7. The zero-order valence-electron chi connectivity index (χ0n) is 42.8.